The van der Waals surface area contributed by atoms with Gasteiger partial charge in [-0.1, -0.05) is 11.6 Å². The monoisotopic (exact) mass is 211 g/mol. The van der Waals surface area contributed by atoms with Gasteiger partial charge in [-0.2, -0.15) is 0 Å². The van der Waals surface area contributed by atoms with Gasteiger partial charge in [0.05, 0.1) is 12.1 Å². The van der Waals surface area contributed by atoms with E-state index >= 15 is 0 Å². The van der Waals surface area contributed by atoms with E-state index < -0.39 is 0 Å². The van der Waals surface area contributed by atoms with E-state index in [0.717, 1.165) is 31.7 Å². The van der Waals surface area contributed by atoms with Crippen molar-refractivity contribution in [3.8, 4) is 5.75 Å². The third kappa shape index (κ3) is 1.86. The van der Waals surface area contributed by atoms with Crippen LogP contribution < -0.4 is 10.1 Å². The van der Waals surface area contributed by atoms with E-state index in [-0.39, 0.29) is 0 Å². The summed E-state index contributed by atoms with van der Waals surface area (Å²) in [4.78, 5) is 0. The summed E-state index contributed by atoms with van der Waals surface area (Å²) >= 11 is 6.07. The van der Waals surface area contributed by atoms with Gasteiger partial charge in [0.1, 0.15) is 5.75 Å². The zero-order valence-electron chi connectivity index (χ0n) is 8.27. The Morgan fingerprint density at radius 2 is 1.86 bits per heavy atom. The first kappa shape index (κ1) is 9.81. The van der Waals surface area contributed by atoms with Crippen molar-refractivity contribution < 1.29 is 4.74 Å². The van der Waals surface area contributed by atoms with Crippen LogP contribution in [-0.2, 0) is 12.8 Å². The molecule has 1 aliphatic heterocycles. The SMILES string of the molecule is COc1cc2c(cc1Cl)CCNCC2. The van der Waals surface area contributed by atoms with E-state index in [2.05, 4.69) is 11.4 Å². The third-order valence-corrected chi connectivity index (χ3v) is 2.91. The lowest BCUT2D eigenvalue weighted by Crippen LogP contribution is -2.16. The van der Waals surface area contributed by atoms with Gasteiger partial charge in [-0.25, -0.2) is 0 Å². The Morgan fingerprint density at radius 1 is 1.21 bits per heavy atom. The fourth-order valence-electron chi connectivity index (χ4n) is 1.83. The fourth-order valence-corrected chi connectivity index (χ4v) is 2.09. The molecule has 1 aliphatic rings. The second kappa shape index (κ2) is 4.20. The van der Waals surface area contributed by atoms with Crippen molar-refractivity contribution >= 4 is 11.6 Å². The number of nitrogens with one attached hydrogen (secondary N) is 1. The Morgan fingerprint density at radius 3 is 2.50 bits per heavy atom. The Hall–Kier alpha value is -0.730. The standard InChI is InChI=1S/C11H14ClNO/c1-14-11-7-9-3-5-13-4-2-8(9)6-10(11)12/h6-7,13H,2-5H2,1H3. The predicted octanol–water partition coefficient (Wildman–Crippen LogP) is 2.04. The first-order valence-corrected chi connectivity index (χ1v) is 5.25. The zero-order valence-corrected chi connectivity index (χ0v) is 9.03. The lowest BCUT2D eigenvalue weighted by molar-refractivity contribution is 0.414. The van der Waals surface area contributed by atoms with E-state index in [9.17, 15) is 0 Å². The Labute approximate surface area is 89.2 Å². The number of halogens is 1. The minimum atomic E-state index is 0.716. The van der Waals surface area contributed by atoms with Gasteiger partial charge < -0.3 is 10.1 Å². The average molecular weight is 212 g/mol. The number of hydrogen-bond donors (Lipinski definition) is 1. The first-order chi connectivity index (χ1) is 6.81. The van der Waals surface area contributed by atoms with E-state index in [1.165, 1.54) is 11.1 Å². The maximum absolute atomic E-state index is 6.07. The van der Waals surface area contributed by atoms with Gasteiger partial charge in [0.15, 0.2) is 0 Å². The number of ether oxygens (including phenoxy) is 1. The maximum Gasteiger partial charge on any atom is 0.137 e. The molecule has 0 bridgehead atoms. The fraction of sp³-hybridized carbons (Fsp3) is 0.455. The van der Waals surface area contributed by atoms with Gasteiger partial charge in [0.25, 0.3) is 0 Å². The molecule has 0 aliphatic carbocycles. The summed E-state index contributed by atoms with van der Waals surface area (Å²) in [6.45, 7) is 2.08. The molecule has 0 aromatic heterocycles. The largest absolute Gasteiger partial charge is 0.495 e. The van der Waals surface area contributed by atoms with Crippen molar-refractivity contribution in [3.63, 3.8) is 0 Å². The van der Waals surface area contributed by atoms with Gasteiger partial charge in [-0.05, 0) is 49.2 Å². The molecule has 0 saturated heterocycles. The molecule has 0 atom stereocenters. The highest BCUT2D eigenvalue weighted by atomic mass is 35.5. The summed E-state index contributed by atoms with van der Waals surface area (Å²) in [5.74, 6) is 0.785. The van der Waals surface area contributed by atoms with Gasteiger partial charge in [-0.3, -0.25) is 0 Å². The number of rotatable bonds is 1. The van der Waals surface area contributed by atoms with Crippen molar-refractivity contribution in [2.45, 2.75) is 12.8 Å². The summed E-state index contributed by atoms with van der Waals surface area (Å²) in [5.41, 5.74) is 2.71. The van der Waals surface area contributed by atoms with Crippen LogP contribution in [0.3, 0.4) is 0 Å². The van der Waals surface area contributed by atoms with Crippen molar-refractivity contribution in [3.05, 3.63) is 28.3 Å². The van der Waals surface area contributed by atoms with E-state index in [4.69, 9.17) is 16.3 Å². The summed E-state index contributed by atoms with van der Waals surface area (Å²) in [7, 11) is 1.66. The summed E-state index contributed by atoms with van der Waals surface area (Å²) in [6.07, 6.45) is 2.11. The summed E-state index contributed by atoms with van der Waals surface area (Å²) < 4.78 is 5.20. The molecule has 0 saturated carbocycles. The van der Waals surface area contributed by atoms with Crippen molar-refractivity contribution in [1.82, 2.24) is 5.32 Å². The second-order valence-corrected chi connectivity index (χ2v) is 3.91. The van der Waals surface area contributed by atoms with Crippen molar-refractivity contribution in [2.75, 3.05) is 20.2 Å². The zero-order chi connectivity index (χ0) is 9.97. The van der Waals surface area contributed by atoms with Gasteiger partial charge in [0.2, 0.25) is 0 Å². The minimum absolute atomic E-state index is 0.716. The van der Waals surface area contributed by atoms with Crippen LogP contribution in [0.1, 0.15) is 11.1 Å². The van der Waals surface area contributed by atoms with E-state index in [0.29, 0.717) is 5.02 Å². The smallest absolute Gasteiger partial charge is 0.137 e. The highest BCUT2D eigenvalue weighted by Crippen LogP contribution is 2.29. The molecule has 2 nitrogen and oxygen atoms in total. The molecule has 0 fully saturated rings. The van der Waals surface area contributed by atoms with Crippen LogP contribution in [0.5, 0.6) is 5.75 Å². The molecular formula is C11H14ClNO. The van der Waals surface area contributed by atoms with Gasteiger partial charge in [0, 0.05) is 0 Å². The van der Waals surface area contributed by atoms with Gasteiger partial charge in [-0.15, -0.1) is 0 Å². The molecule has 14 heavy (non-hydrogen) atoms. The molecule has 2 rings (SSSR count). The molecule has 1 aromatic carbocycles. The van der Waals surface area contributed by atoms with Gasteiger partial charge >= 0.3 is 0 Å². The summed E-state index contributed by atoms with van der Waals surface area (Å²) in [6, 6.07) is 4.09. The number of methoxy groups -OCH3 is 1. The van der Waals surface area contributed by atoms with E-state index in [1.54, 1.807) is 7.11 Å². The number of hydrogen-bond acceptors (Lipinski definition) is 2. The van der Waals surface area contributed by atoms with Crippen molar-refractivity contribution in [2.24, 2.45) is 0 Å². The topological polar surface area (TPSA) is 21.3 Å². The number of benzene rings is 1. The quantitative estimate of drug-likeness (QED) is 0.768. The summed E-state index contributed by atoms with van der Waals surface area (Å²) in [5, 5.41) is 4.08. The normalized spacial score (nSPS) is 15.9. The molecular weight excluding hydrogens is 198 g/mol. The van der Waals surface area contributed by atoms with E-state index in [1.807, 2.05) is 6.07 Å². The molecule has 0 radical (unpaired) electrons. The van der Waals surface area contributed by atoms with Crippen LogP contribution in [0.2, 0.25) is 5.02 Å². The van der Waals surface area contributed by atoms with Crippen LogP contribution in [0.4, 0.5) is 0 Å². The minimum Gasteiger partial charge on any atom is -0.495 e. The lowest BCUT2D eigenvalue weighted by Gasteiger charge is -2.09. The molecule has 1 heterocycles. The molecule has 1 N–H and O–H groups in total. The molecule has 0 unspecified atom stereocenters. The maximum atomic E-state index is 6.07. The molecule has 1 aromatic rings. The highest BCUT2D eigenvalue weighted by molar-refractivity contribution is 6.32. The van der Waals surface area contributed by atoms with Crippen LogP contribution in [-0.4, -0.2) is 20.2 Å². The first-order valence-electron chi connectivity index (χ1n) is 4.87. The van der Waals surface area contributed by atoms with Crippen LogP contribution in [0.25, 0.3) is 0 Å². The molecule has 0 amide bonds. The highest BCUT2D eigenvalue weighted by Gasteiger charge is 2.11. The van der Waals surface area contributed by atoms with Crippen LogP contribution >= 0.6 is 11.6 Å². The van der Waals surface area contributed by atoms with Crippen LogP contribution in [0.15, 0.2) is 12.1 Å². The third-order valence-electron chi connectivity index (χ3n) is 2.62. The average Bonchev–Trinajstić information content (AvgIpc) is 2.41. The van der Waals surface area contributed by atoms with Crippen LogP contribution in [0, 0.1) is 0 Å². The molecule has 0 spiro atoms. The lowest BCUT2D eigenvalue weighted by atomic mass is 10.0. The molecule has 3 heteroatoms. The Bertz CT molecular complexity index is 338. The Balaban J connectivity index is 2.41. The number of fused-ring (bicyclic) bond motifs is 1. The predicted molar refractivity (Wildman–Crippen MR) is 58.3 cm³/mol. The second-order valence-electron chi connectivity index (χ2n) is 3.51. The Kier molecular flexibility index (Phi) is 2.94. The van der Waals surface area contributed by atoms with Crippen molar-refractivity contribution in [1.29, 1.82) is 0 Å². The molecule has 76 valence electrons.